The van der Waals surface area contributed by atoms with Crippen LogP contribution in [0.2, 0.25) is 0 Å². The van der Waals surface area contributed by atoms with E-state index < -0.39 is 0 Å². The summed E-state index contributed by atoms with van der Waals surface area (Å²) >= 11 is 7.33. The maximum absolute atomic E-state index is 12.1. The first-order valence-corrected chi connectivity index (χ1v) is 8.33. The number of hydrogen-bond donors (Lipinski definition) is 1. The third kappa shape index (κ3) is 3.11. The molecule has 3 nitrogen and oxygen atoms in total. The van der Waals surface area contributed by atoms with Gasteiger partial charge in [-0.1, -0.05) is 26.0 Å². The Kier molecular flexibility index (Phi) is 3.76. The van der Waals surface area contributed by atoms with E-state index in [9.17, 15) is 4.79 Å². The predicted octanol–water partition coefficient (Wildman–Crippen LogP) is 4.08. The van der Waals surface area contributed by atoms with Crippen LogP contribution in [-0.4, -0.2) is 16.9 Å². The van der Waals surface area contributed by atoms with E-state index in [4.69, 9.17) is 11.6 Å². The number of amides is 1. The minimum absolute atomic E-state index is 0.00212. The van der Waals surface area contributed by atoms with Crippen LogP contribution < -0.4 is 5.32 Å². The summed E-state index contributed by atoms with van der Waals surface area (Å²) in [5.74, 6) is 0.423. The molecule has 1 aromatic heterocycles. The van der Waals surface area contributed by atoms with Crippen molar-refractivity contribution < 1.29 is 4.79 Å². The summed E-state index contributed by atoms with van der Waals surface area (Å²) in [6.45, 7) is 4.33. The van der Waals surface area contributed by atoms with Crippen LogP contribution in [-0.2, 0) is 5.88 Å². The zero-order valence-corrected chi connectivity index (χ0v) is 13.6. The van der Waals surface area contributed by atoms with E-state index >= 15 is 0 Å². The Morgan fingerprint density at radius 1 is 1.43 bits per heavy atom. The highest BCUT2D eigenvalue weighted by Crippen LogP contribution is 2.44. The molecule has 3 rings (SSSR count). The summed E-state index contributed by atoms with van der Waals surface area (Å²) in [5, 5.41) is 5.95. The Labute approximate surface area is 133 Å². The van der Waals surface area contributed by atoms with Gasteiger partial charge in [0.25, 0.3) is 5.91 Å². The minimum atomic E-state index is -0.00212. The van der Waals surface area contributed by atoms with E-state index in [1.807, 2.05) is 29.6 Å². The van der Waals surface area contributed by atoms with Gasteiger partial charge >= 0.3 is 0 Å². The number of nitrogens with zero attached hydrogens (tertiary/aromatic N) is 1. The quantitative estimate of drug-likeness (QED) is 0.863. The van der Waals surface area contributed by atoms with Crippen molar-refractivity contribution in [3.63, 3.8) is 0 Å². The highest BCUT2D eigenvalue weighted by molar-refractivity contribution is 7.13. The lowest BCUT2D eigenvalue weighted by Gasteiger charge is -2.07. The monoisotopic (exact) mass is 320 g/mol. The fourth-order valence-corrected chi connectivity index (χ4v) is 3.27. The van der Waals surface area contributed by atoms with E-state index in [1.54, 1.807) is 11.3 Å². The van der Waals surface area contributed by atoms with Gasteiger partial charge in [0.15, 0.2) is 0 Å². The average Bonchev–Trinajstić information content (AvgIpc) is 2.91. The second-order valence-corrected chi connectivity index (χ2v) is 7.20. The first-order chi connectivity index (χ1) is 9.99. The van der Waals surface area contributed by atoms with Crippen LogP contribution in [0.3, 0.4) is 0 Å². The molecular weight excluding hydrogens is 304 g/mol. The fourth-order valence-electron chi connectivity index (χ4n) is 2.22. The highest BCUT2D eigenvalue weighted by Gasteiger charge is 2.46. The van der Waals surface area contributed by atoms with Gasteiger partial charge in [-0.05, 0) is 24.0 Å². The first-order valence-electron chi connectivity index (χ1n) is 6.91. The number of aromatic nitrogens is 1. The molecule has 0 aliphatic heterocycles. The van der Waals surface area contributed by atoms with Gasteiger partial charge in [0.05, 0.1) is 11.6 Å². The standard InChI is InChI=1S/C16H17ClN2OS/c1-16(2)7-13(16)19-14(20)10-3-5-11(6-4-10)15-18-12(8-17)9-21-15/h3-6,9,13H,7-8H2,1-2H3,(H,19,20). The molecule has 1 fully saturated rings. The van der Waals surface area contributed by atoms with E-state index in [2.05, 4.69) is 24.1 Å². The Balaban J connectivity index is 1.70. The van der Waals surface area contributed by atoms with Crippen LogP contribution in [0.5, 0.6) is 0 Å². The second-order valence-electron chi connectivity index (χ2n) is 6.07. The van der Waals surface area contributed by atoms with E-state index in [0.717, 1.165) is 22.7 Å². The number of carbonyl (C=O) groups excluding carboxylic acids is 1. The lowest BCUT2D eigenvalue weighted by molar-refractivity contribution is 0.0946. The van der Waals surface area contributed by atoms with Gasteiger partial charge in [-0.15, -0.1) is 22.9 Å². The molecule has 0 saturated heterocycles. The van der Waals surface area contributed by atoms with Crippen LogP contribution in [0.1, 0.15) is 36.3 Å². The maximum Gasteiger partial charge on any atom is 0.251 e. The third-order valence-corrected chi connectivity index (χ3v) is 5.12. The van der Waals surface area contributed by atoms with Crippen LogP contribution >= 0.6 is 22.9 Å². The number of benzene rings is 1. The van der Waals surface area contributed by atoms with Gasteiger partial charge in [-0.25, -0.2) is 4.98 Å². The van der Waals surface area contributed by atoms with Gasteiger partial charge in [-0.3, -0.25) is 4.79 Å². The van der Waals surface area contributed by atoms with Crippen molar-refractivity contribution in [3.05, 3.63) is 40.9 Å². The summed E-state index contributed by atoms with van der Waals surface area (Å²) < 4.78 is 0. The Morgan fingerprint density at radius 2 is 2.10 bits per heavy atom. The Morgan fingerprint density at radius 3 is 2.62 bits per heavy atom. The maximum atomic E-state index is 12.1. The Bertz CT molecular complexity index is 663. The molecule has 0 bridgehead atoms. The van der Waals surface area contributed by atoms with Crippen molar-refractivity contribution >= 4 is 28.8 Å². The number of rotatable bonds is 4. The number of halogens is 1. The molecule has 5 heteroatoms. The lowest BCUT2D eigenvalue weighted by Crippen LogP contribution is -2.28. The molecule has 1 amide bonds. The number of alkyl halides is 1. The zero-order valence-electron chi connectivity index (χ0n) is 12.0. The largest absolute Gasteiger partial charge is 0.349 e. The average molecular weight is 321 g/mol. The van der Waals surface area contributed by atoms with Crippen LogP contribution in [0.15, 0.2) is 29.6 Å². The minimum Gasteiger partial charge on any atom is -0.349 e. The van der Waals surface area contributed by atoms with Crippen LogP contribution in [0, 0.1) is 5.41 Å². The van der Waals surface area contributed by atoms with E-state index in [1.165, 1.54) is 0 Å². The molecule has 1 aromatic carbocycles. The molecular formula is C16H17ClN2OS. The van der Waals surface area contributed by atoms with Crippen molar-refractivity contribution in [2.45, 2.75) is 32.2 Å². The second kappa shape index (κ2) is 5.43. The molecule has 1 unspecified atom stereocenters. The van der Waals surface area contributed by atoms with Crippen LogP contribution in [0.25, 0.3) is 10.6 Å². The van der Waals surface area contributed by atoms with E-state index in [0.29, 0.717) is 17.5 Å². The summed E-state index contributed by atoms with van der Waals surface area (Å²) in [6.07, 6.45) is 1.05. The highest BCUT2D eigenvalue weighted by atomic mass is 35.5. The molecule has 2 aromatic rings. The van der Waals surface area contributed by atoms with E-state index in [-0.39, 0.29) is 11.3 Å². The smallest absolute Gasteiger partial charge is 0.251 e. The number of thiazole rings is 1. The molecule has 1 saturated carbocycles. The van der Waals surface area contributed by atoms with Gasteiger partial charge < -0.3 is 5.32 Å². The summed E-state index contributed by atoms with van der Waals surface area (Å²) in [5.41, 5.74) is 2.83. The number of hydrogen-bond acceptors (Lipinski definition) is 3. The van der Waals surface area contributed by atoms with Crippen molar-refractivity contribution in [2.24, 2.45) is 5.41 Å². The predicted molar refractivity (Wildman–Crippen MR) is 86.8 cm³/mol. The van der Waals surface area contributed by atoms with Gasteiger partial charge in [-0.2, -0.15) is 0 Å². The molecule has 1 aliphatic carbocycles. The van der Waals surface area contributed by atoms with Crippen LogP contribution in [0.4, 0.5) is 0 Å². The molecule has 21 heavy (non-hydrogen) atoms. The number of carbonyl (C=O) groups is 1. The summed E-state index contributed by atoms with van der Waals surface area (Å²) in [7, 11) is 0. The van der Waals surface area contributed by atoms with Gasteiger partial charge in [0.2, 0.25) is 0 Å². The zero-order chi connectivity index (χ0) is 15.0. The van der Waals surface area contributed by atoms with Crippen molar-refractivity contribution in [3.8, 4) is 10.6 Å². The van der Waals surface area contributed by atoms with Gasteiger partial charge in [0.1, 0.15) is 5.01 Å². The molecule has 0 radical (unpaired) electrons. The third-order valence-electron chi connectivity index (χ3n) is 3.90. The molecule has 1 heterocycles. The van der Waals surface area contributed by atoms with Gasteiger partial charge in [0, 0.05) is 22.5 Å². The Hall–Kier alpha value is -1.39. The van der Waals surface area contributed by atoms with Crippen molar-refractivity contribution in [1.29, 1.82) is 0 Å². The lowest BCUT2D eigenvalue weighted by atomic mass is 10.1. The normalized spacial score (nSPS) is 19.3. The SMILES string of the molecule is CC1(C)CC1NC(=O)c1ccc(-c2nc(CCl)cs2)cc1. The molecule has 0 spiro atoms. The fraction of sp³-hybridized carbons (Fsp3) is 0.375. The number of nitrogens with one attached hydrogen (secondary N) is 1. The topological polar surface area (TPSA) is 42.0 Å². The molecule has 110 valence electrons. The summed E-state index contributed by atoms with van der Waals surface area (Å²) in [6, 6.07) is 7.87. The first kappa shape index (κ1) is 14.5. The summed E-state index contributed by atoms with van der Waals surface area (Å²) in [4.78, 5) is 16.6. The molecule has 1 aliphatic rings. The molecule has 1 atom stereocenters. The molecule has 1 N–H and O–H groups in total. The van der Waals surface area contributed by atoms with Crippen molar-refractivity contribution in [2.75, 3.05) is 0 Å². The van der Waals surface area contributed by atoms with Crippen molar-refractivity contribution in [1.82, 2.24) is 10.3 Å².